The number of nitrogens with zero attached hydrogens (tertiary/aromatic N) is 2. The molecule has 3 amide bonds. The molecule has 1 heterocycles. The van der Waals surface area contributed by atoms with Crippen molar-refractivity contribution in [3.05, 3.63) is 29.3 Å². The van der Waals surface area contributed by atoms with Gasteiger partial charge in [0.1, 0.15) is 5.41 Å². The standard InChI is InChI=1S/C19H25N3O3/c1-13-10-14(2)12-16(11-13)20-17(24)19(4-5-19)18(25)22-8-6-21(7-9-22)15(3)23/h10-12H,4-9H2,1-3H3,(H,20,24). The molecule has 2 fully saturated rings. The molecule has 1 saturated carbocycles. The zero-order chi connectivity index (χ0) is 18.2. The summed E-state index contributed by atoms with van der Waals surface area (Å²) in [4.78, 5) is 40.5. The van der Waals surface area contributed by atoms with Crippen LogP contribution >= 0.6 is 0 Å². The van der Waals surface area contributed by atoms with Gasteiger partial charge in [0.15, 0.2) is 0 Å². The minimum Gasteiger partial charge on any atom is -0.339 e. The maximum Gasteiger partial charge on any atom is 0.240 e. The molecule has 6 heteroatoms. The first-order valence-electron chi connectivity index (χ1n) is 8.76. The van der Waals surface area contributed by atoms with Crippen LogP contribution in [0.4, 0.5) is 5.69 Å². The highest BCUT2D eigenvalue weighted by Gasteiger charge is 2.58. The fraction of sp³-hybridized carbons (Fsp3) is 0.526. The topological polar surface area (TPSA) is 69.7 Å². The lowest BCUT2D eigenvalue weighted by Crippen LogP contribution is -2.53. The van der Waals surface area contributed by atoms with Crippen LogP contribution in [-0.4, -0.2) is 53.7 Å². The molecule has 2 aliphatic rings. The van der Waals surface area contributed by atoms with E-state index < -0.39 is 5.41 Å². The summed E-state index contributed by atoms with van der Waals surface area (Å²) in [5.74, 6) is -0.283. The fourth-order valence-corrected chi connectivity index (χ4v) is 3.49. The Balaban J connectivity index is 1.66. The second kappa shape index (κ2) is 6.50. The Morgan fingerprint density at radius 3 is 1.92 bits per heavy atom. The molecule has 0 radical (unpaired) electrons. The molecule has 1 aromatic rings. The Hall–Kier alpha value is -2.37. The van der Waals surface area contributed by atoms with Crippen molar-refractivity contribution in [3.8, 4) is 0 Å². The van der Waals surface area contributed by atoms with Crippen molar-refractivity contribution in [3.63, 3.8) is 0 Å². The number of carbonyl (C=O) groups is 3. The molecule has 1 aliphatic heterocycles. The number of hydrogen-bond donors (Lipinski definition) is 1. The molecule has 1 N–H and O–H groups in total. The van der Waals surface area contributed by atoms with Crippen molar-refractivity contribution < 1.29 is 14.4 Å². The monoisotopic (exact) mass is 343 g/mol. The Morgan fingerprint density at radius 2 is 1.44 bits per heavy atom. The minimum atomic E-state index is -0.921. The summed E-state index contributed by atoms with van der Waals surface area (Å²) in [6, 6.07) is 5.87. The molecule has 0 bridgehead atoms. The van der Waals surface area contributed by atoms with Gasteiger partial charge in [-0.15, -0.1) is 0 Å². The Labute approximate surface area is 148 Å². The van der Waals surface area contributed by atoms with E-state index in [1.165, 1.54) is 6.92 Å². The number of carbonyl (C=O) groups excluding carboxylic acids is 3. The van der Waals surface area contributed by atoms with Crippen molar-refractivity contribution in [2.45, 2.75) is 33.6 Å². The number of piperazine rings is 1. The van der Waals surface area contributed by atoms with Crippen molar-refractivity contribution in [2.24, 2.45) is 5.41 Å². The summed E-state index contributed by atoms with van der Waals surface area (Å²) in [6.45, 7) is 7.57. The average molecular weight is 343 g/mol. The van der Waals surface area contributed by atoms with Gasteiger partial charge in [0.05, 0.1) is 0 Å². The first-order chi connectivity index (χ1) is 11.8. The predicted molar refractivity (Wildman–Crippen MR) is 95.0 cm³/mol. The number of benzene rings is 1. The molecule has 1 saturated heterocycles. The van der Waals surface area contributed by atoms with Crippen molar-refractivity contribution >= 4 is 23.4 Å². The molecule has 1 aromatic carbocycles. The molecule has 25 heavy (non-hydrogen) atoms. The third-order valence-electron chi connectivity index (χ3n) is 5.09. The zero-order valence-corrected chi connectivity index (χ0v) is 15.1. The van der Waals surface area contributed by atoms with E-state index in [0.29, 0.717) is 39.0 Å². The normalized spacial score (nSPS) is 18.7. The molecule has 0 spiro atoms. The van der Waals surface area contributed by atoms with E-state index in [0.717, 1.165) is 16.8 Å². The van der Waals surface area contributed by atoms with Crippen LogP contribution in [0.15, 0.2) is 18.2 Å². The number of anilines is 1. The van der Waals surface area contributed by atoms with Gasteiger partial charge in [-0.05, 0) is 49.9 Å². The van der Waals surface area contributed by atoms with Gasteiger partial charge < -0.3 is 15.1 Å². The van der Waals surface area contributed by atoms with Gasteiger partial charge in [-0.25, -0.2) is 0 Å². The first kappa shape index (κ1) is 17.5. The van der Waals surface area contributed by atoms with Crippen molar-refractivity contribution in [1.82, 2.24) is 9.80 Å². The summed E-state index contributed by atoms with van der Waals surface area (Å²) in [6.07, 6.45) is 1.19. The SMILES string of the molecule is CC(=O)N1CCN(C(=O)C2(C(=O)Nc3cc(C)cc(C)c3)CC2)CC1. The van der Waals surface area contributed by atoms with Crippen LogP contribution in [0.2, 0.25) is 0 Å². The molecule has 0 aromatic heterocycles. The van der Waals surface area contributed by atoms with E-state index in [9.17, 15) is 14.4 Å². The van der Waals surface area contributed by atoms with Gasteiger partial charge >= 0.3 is 0 Å². The highest BCUT2D eigenvalue weighted by atomic mass is 16.2. The van der Waals surface area contributed by atoms with Crippen LogP contribution in [0, 0.1) is 19.3 Å². The highest BCUT2D eigenvalue weighted by Crippen LogP contribution is 2.48. The van der Waals surface area contributed by atoms with Crippen LogP contribution < -0.4 is 5.32 Å². The van der Waals surface area contributed by atoms with E-state index in [2.05, 4.69) is 5.32 Å². The van der Waals surface area contributed by atoms with Crippen LogP contribution in [-0.2, 0) is 14.4 Å². The highest BCUT2D eigenvalue weighted by molar-refractivity contribution is 6.13. The molecular formula is C19H25N3O3. The molecular weight excluding hydrogens is 318 g/mol. The van der Waals surface area contributed by atoms with Gasteiger partial charge in [-0.2, -0.15) is 0 Å². The molecule has 6 nitrogen and oxygen atoms in total. The number of rotatable bonds is 3. The summed E-state index contributed by atoms with van der Waals surface area (Å²) in [7, 11) is 0. The number of amides is 3. The maximum absolute atomic E-state index is 12.9. The third-order valence-corrected chi connectivity index (χ3v) is 5.09. The molecule has 3 rings (SSSR count). The number of nitrogens with one attached hydrogen (secondary N) is 1. The van der Waals surface area contributed by atoms with Crippen LogP contribution in [0.3, 0.4) is 0 Å². The number of aryl methyl sites for hydroxylation is 2. The maximum atomic E-state index is 12.9. The molecule has 0 atom stereocenters. The largest absolute Gasteiger partial charge is 0.339 e. The second-order valence-corrected chi connectivity index (χ2v) is 7.21. The van der Waals surface area contributed by atoms with Gasteiger partial charge in [-0.3, -0.25) is 14.4 Å². The Bertz CT molecular complexity index is 696. The smallest absolute Gasteiger partial charge is 0.240 e. The van der Waals surface area contributed by atoms with Crippen LogP contribution in [0.25, 0.3) is 0 Å². The predicted octanol–water partition coefficient (Wildman–Crippen LogP) is 1.71. The summed E-state index contributed by atoms with van der Waals surface area (Å²) >= 11 is 0. The van der Waals surface area contributed by atoms with E-state index >= 15 is 0 Å². The summed E-state index contributed by atoms with van der Waals surface area (Å²) < 4.78 is 0. The van der Waals surface area contributed by atoms with Gasteiger partial charge in [0.25, 0.3) is 0 Å². The Kier molecular flexibility index (Phi) is 4.54. The molecule has 0 unspecified atom stereocenters. The third kappa shape index (κ3) is 3.52. The van der Waals surface area contributed by atoms with Gasteiger partial charge in [0.2, 0.25) is 17.7 Å². The van der Waals surface area contributed by atoms with Crippen LogP contribution in [0.1, 0.15) is 30.9 Å². The van der Waals surface area contributed by atoms with E-state index in [4.69, 9.17) is 0 Å². The first-order valence-corrected chi connectivity index (χ1v) is 8.76. The van der Waals surface area contributed by atoms with Gasteiger partial charge in [-0.1, -0.05) is 6.07 Å². The van der Waals surface area contributed by atoms with E-state index in [1.807, 2.05) is 32.0 Å². The summed E-state index contributed by atoms with van der Waals surface area (Å²) in [5.41, 5.74) is 1.97. The zero-order valence-electron chi connectivity index (χ0n) is 15.1. The number of hydrogen-bond acceptors (Lipinski definition) is 3. The van der Waals surface area contributed by atoms with Crippen molar-refractivity contribution in [1.29, 1.82) is 0 Å². The van der Waals surface area contributed by atoms with Crippen LogP contribution in [0.5, 0.6) is 0 Å². The molecule has 1 aliphatic carbocycles. The lowest BCUT2D eigenvalue weighted by Gasteiger charge is -2.35. The molecule has 134 valence electrons. The average Bonchev–Trinajstić information content (AvgIpc) is 3.35. The van der Waals surface area contributed by atoms with E-state index in [-0.39, 0.29) is 17.7 Å². The van der Waals surface area contributed by atoms with Gasteiger partial charge in [0, 0.05) is 38.8 Å². The Morgan fingerprint density at radius 1 is 0.920 bits per heavy atom. The summed E-state index contributed by atoms with van der Waals surface area (Å²) in [5, 5.41) is 2.92. The van der Waals surface area contributed by atoms with Crippen molar-refractivity contribution in [2.75, 3.05) is 31.5 Å². The fourth-order valence-electron chi connectivity index (χ4n) is 3.49. The minimum absolute atomic E-state index is 0.0285. The second-order valence-electron chi connectivity index (χ2n) is 7.21. The lowest BCUT2D eigenvalue weighted by molar-refractivity contribution is -0.146. The quantitative estimate of drug-likeness (QED) is 0.850. The lowest BCUT2D eigenvalue weighted by atomic mass is 10.0. The van der Waals surface area contributed by atoms with E-state index in [1.54, 1.807) is 9.80 Å².